The van der Waals surface area contributed by atoms with Crippen molar-refractivity contribution in [3.05, 3.63) is 64.2 Å². The van der Waals surface area contributed by atoms with E-state index in [4.69, 9.17) is 0 Å². The number of alkyl halides is 1. The fourth-order valence-corrected chi connectivity index (χ4v) is 3.15. The molecule has 2 aromatic carbocycles. The number of halogens is 1. The minimum Gasteiger partial charge on any atom is -0.258 e. The summed E-state index contributed by atoms with van der Waals surface area (Å²) in [6.45, 7) is 0. The van der Waals surface area contributed by atoms with Crippen molar-refractivity contribution < 1.29 is 4.92 Å². The van der Waals surface area contributed by atoms with Gasteiger partial charge in [-0.1, -0.05) is 52.0 Å². The van der Waals surface area contributed by atoms with Gasteiger partial charge in [0.05, 0.1) is 4.92 Å². The zero-order valence-electron chi connectivity index (χ0n) is 9.38. The first-order valence-corrected chi connectivity index (χ1v) is 7.20. The summed E-state index contributed by atoms with van der Waals surface area (Å²) in [6, 6.07) is 14.8. The molecule has 0 saturated heterocycles. The molecule has 0 aromatic heterocycles. The van der Waals surface area contributed by atoms with E-state index in [0.717, 1.165) is 15.4 Å². The zero-order valence-corrected chi connectivity index (χ0v) is 11.8. The maximum Gasteiger partial charge on any atom is 0.270 e. The zero-order chi connectivity index (χ0) is 13.0. The van der Waals surface area contributed by atoms with Crippen LogP contribution in [-0.2, 0) is 5.33 Å². The van der Waals surface area contributed by atoms with Crippen molar-refractivity contribution in [3.8, 4) is 0 Å². The second kappa shape index (κ2) is 6.02. The van der Waals surface area contributed by atoms with E-state index in [0.29, 0.717) is 5.33 Å². The van der Waals surface area contributed by atoms with Crippen LogP contribution in [0.1, 0.15) is 5.56 Å². The van der Waals surface area contributed by atoms with Crippen molar-refractivity contribution in [1.29, 1.82) is 0 Å². The predicted octanol–water partition coefficient (Wildman–Crippen LogP) is 4.64. The fourth-order valence-electron chi connectivity index (χ4n) is 1.48. The predicted molar refractivity (Wildman–Crippen MR) is 76.3 cm³/mol. The number of rotatable bonds is 4. The highest BCUT2D eigenvalue weighted by molar-refractivity contribution is 9.08. The van der Waals surface area contributed by atoms with E-state index in [1.807, 2.05) is 30.3 Å². The van der Waals surface area contributed by atoms with Crippen molar-refractivity contribution in [2.45, 2.75) is 15.1 Å². The third-order valence-electron chi connectivity index (χ3n) is 2.38. The van der Waals surface area contributed by atoms with Gasteiger partial charge in [0.15, 0.2) is 0 Å². The highest BCUT2D eigenvalue weighted by Gasteiger charge is 2.11. The Morgan fingerprint density at radius 3 is 2.50 bits per heavy atom. The third kappa shape index (κ3) is 3.11. The smallest absolute Gasteiger partial charge is 0.258 e. The van der Waals surface area contributed by atoms with Gasteiger partial charge in [0.2, 0.25) is 0 Å². The Kier molecular flexibility index (Phi) is 4.38. The number of hydrogen-bond donors (Lipinski definition) is 0. The van der Waals surface area contributed by atoms with Crippen LogP contribution in [0.4, 0.5) is 5.69 Å². The lowest BCUT2D eigenvalue weighted by Crippen LogP contribution is -1.90. The molecule has 0 heterocycles. The molecule has 0 bridgehead atoms. The SMILES string of the molecule is O=[N+]([O-])c1ccc(CBr)c(Sc2ccccc2)c1. The molecule has 0 amide bonds. The summed E-state index contributed by atoms with van der Waals surface area (Å²) in [7, 11) is 0. The van der Waals surface area contributed by atoms with E-state index in [9.17, 15) is 10.1 Å². The second-order valence-electron chi connectivity index (χ2n) is 3.60. The van der Waals surface area contributed by atoms with Crippen molar-refractivity contribution in [2.75, 3.05) is 0 Å². The molecule has 2 aromatic rings. The van der Waals surface area contributed by atoms with Crippen molar-refractivity contribution in [3.63, 3.8) is 0 Å². The monoisotopic (exact) mass is 323 g/mol. The number of hydrogen-bond acceptors (Lipinski definition) is 3. The van der Waals surface area contributed by atoms with E-state index >= 15 is 0 Å². The van der Waals surface area contributed by atoms with Gasteiger partial charge in [-0.05, 0) is 17.7 Å². The number of non-ortho nitro benzene ring substituents is 1. The highest BCUT2D eigenvalue weighted by atomic mass is 79.9. The van der Waals surface area contributed by atoms with Crippen LogP contribution in [0.15, 0.2) is 58.3 Å². The summed E-state index contributed by atoms with van der Waals surface area (Å²) in [5, 5.41) is 11.5. The lowest BCUT2D eigenvalue weighted by molar-refractivity contribution is -0.385. The molecular formula is C13H10BrNO2S. The molecule has 92 valence electrons. The van der Waals surface area contributed by atoms with E-state index in [1.165, 1.54) is 17.8 Å². The highest BCUT2D eigenvalue weighted by Crippen LogP contribution is 2.33. The number of benzene rings is 2. The lowest BCUT2D eigenvalue weighted by atomic mass is 10.2. The first-order valence-electron chi connectivity index (χ1n) is 5.27. The van der Waals surface area contributed by atoms with E-state index in [1.54, 1.807) is 12.1 Å². The Morgan fingerprint density at radius 1 is 1.17 bits per heavy atom. The Labute approximate surface area is 117 Å². The summed E-state index contributed by atoms with van der Waals surface area (Å²) in [5.74, 6) is 0. The van der Waals surface area contributed by atoms with Crippen LogP contribution in [0.25, 0.3) is 0 Å². The summed E-state index contributed by atoms with van der Waals surface area (Å²) in [5.41, 5.74) is 1.17. The standard InChI is InChI=1S/C13H10BrNO2S/c14-9-10-6-7-11(15(16)17)8-13(10)18-12-4-2-1-3-5-12/h1-8H,9H2. The topological polar surface area (TPSA) is 43.1 Å². The fraction of sp³-hybridized carbons (Fsp3) is 0.0769. The number of nitro groups is 1. The first kappa shape index (κ1) is 13.1. The van der Waals surface area contributed by atoms with Crippen molar-refractivity contribution in [1.82, 2.24) is 0 Å². The summed E-state index contributed by atoms with van der Waals surface area (Å²) in [4.78, 5) is 12.4. The molecule has 0 spiro atoms. The molecule has 5 heteroatoms. The maximum absolute atomic E-state index is 10.8. The lowest BCUT2D eigenvalue weighted by Gasteiger charge is -2.06. The molecule has 0 atom stereocenters. The van der Waals surface area contributed by atoms with Gasteiger partial charge in [0, 0.05) is 27.3 Å². The Hall–Kier alpha value is -1.33. The molecule has 2 rings (SSSR count). The molecule has 0 aliphatic rings. The van der Waals surface area contributed by atoms with E-state index < -0.39 is 0 Å². The Balaban J connectivity index is 2.35. The Morgan fingerprint density at radius 2 is 1.89 bits per heavy atom. The molecular weight excluding hydrogens is 314 g/mol. The van der Waals surface area contributed by atoms with Crippen LogP contribution in [0.5, 0.6) is 0 Å². The van der Waals surface area contributed by atoms with Gasteiger partial charge in [-0.25, -0.2) is 0 Å². The van der Waals surface area contributed by atoms with Gasteiger partial charge < -0.3 is 0 Å². The van der Waals surface area contributed by atoms with Gasteiger partial charge in [-0.3, -0.25) is 10.1 Å². The number of nitrogens with zero attached hydrogens (tertiary/aromatic N) is 1. The first-order chi connectivity index (χ1) is 8.70. The average molecular weight is 324 g/mol. The largest absolute Gasteiger partial charge is 0.270 e. The minimum absolute atomic E-state index is 0.123. The molecule has 0 unspecified atom stereocenters. The van der Waals surface area contributed by atoms with Crippen LogP contribution in [0.3, 0.4) is 0 Å². The average Bonchev–Trinajstić information content (AvgIpc) is 2.39. The quantitative estimate of drug-likeness (QED) is 0.467. The van der Waals surface area contributed by atoms with Gasteiger partial charge in [-0.15, -0.1) is 0 Å². The second-order valence-corrected chi connectivity index (χ2v) is 5.27. The number of nitro benzene ring substituents is 1. The molecule has 0 N–H and O–H groups in total. The minimum atomic E-state index is -0.368. The van der Waals surface area contributed by atoms with Crippen LogP contribution in [0, 0.1) is 10.1 Å². The third-order valence-corrected chi connectivity index (χ3v) is 4.09. The molecule has 18 heavy (non-hydrogen) atoms. The van der Waals surface area contributed by atoms with E-state index in [2.05, 4.69) is 15.9 Å². The summed E-state index contributed by atoms with van der Waals surface area (Å²) in [6.07, 6.45) is 0. The molecule has 0 fully saturated rings. The molecule has 0 saturated carbocycles. The molecule has 0 aliphatic carbocycles. The van der Waals surface area contributed by atoms with Crippen molar-refractivity contribution >= 4 is 33.4 Å². The van der Waals surface area contributed by atoms with Gasteiger partial charge in [0.25, 0.3) is 5.69 Å². The van der Waals surface area contributed by atoms with Crippen LogP contribution >= 0.6 is 27.7 Å². The van der Waals surface area contributed by atoms with Gasteiger partial charge >= 0.3 is 0 Å². The van der Waals surface area contributed by atoms with Gasteiger partial charge in [0.1, 0.15) is 0 Å². The Bertz CT molecular complexity index is 560. The van der Waals surface area contributed by atoms with Crippen molar-refractivity contribution in [2.24, 2.45) is 0 Å². The van der Waals surface area contributed by atoms with E-state index in [-0.39, 0.29) is 10.6 Å². The summed E-state index contributed by atoms with van der Waals surface area (Å²) >= 11 is 4.94. The summed E-state index contributed by atoms with van der Waals surface area (Å²) < 4.78 is 0. The van der Waals surface area contributed by atoms with Crippen LogP contribution in [-0.4, -0.2) is 4.92 Å². The normalized spacial score (nSPS) is 10.3. The van der Waals surface area contributed by atoms with Crippen LogP contribution in [0.2, 0.25) is 0 Å². The van der Waals surface area contributed by atoms with Gasteiger partial charge in [-0.2, -0.15) is 0 Å². The molecule has 0 aliphatic heterocycles. The molecule has 0 radical (unpaired) electrons. The maximum atomic E-state index is 10.8. The molecule has 3 nitrogen and oxygen atoms in total. The van der Waals surface area contributed by atoms with Crippen LogP contribution < -0.4 is 0 Å².